The molecule has 7 nitrogen and oxygen atoms in total. The summed E-state index contributed by atoms with van der Waals surface area (Å²) in [4.78, 5) is 0. The molecule has 3 heterocycles. The Balaban J connectivity index is 1.53. The first-order valence-electron chi connectivity index (χ1n) is 10.9. The number of phenolic OH excluding ortho intramolecular Hbond substituents is 1. The highest BCUT2D eigenvalue weighted by Crippen LogP contribution is 2.48. The van der Waals surface area contributed by atoms with E-state index in [9.17, 15) is 23.4 Å². The van der Waals surface area contributed by atoms with Gasteiger partial charge in [0.1, 0.15) is 17.2 Å². The number of fused-ring (bicyclic) bond motifs is 4. The van der Waals surface area contributed by atoms with E-state index in [0.717, 1.165) is 61.8 Å². The van der Waals surface area contributed by atoms with Gasteiger partial charge in [-0.1, -0.05) is 12.8 Å². The van der Waals surface area contributed by atoms with E-state index in [1.807, 2.05) is 0 Å². The molecule has 0 spiro atoms. The highest BCUT2D eigenvalue weighted by Gasteiger charge is 2.39. The molecule has 2 aromatic rings. The molecular formula is C22H24F3N3O4. The number of rotatable bonds is 4. The van der Waals surface area contributed by atoms with Crippen LogP contribution in [-0.4, -0.2) is 45.0 Å². The van der Waals surface area contributed by atoms with E-state index in [0.29, 0.717) is 17.9 Å². The molecule has 2 fully saturated rings. The number of aliphatic hydroxyl groups excluding tert-OH is 1. The molecule has 2 bridgehead atoms. The Kier molecular flexibility index (Phi) is 5.37. The van der Waals surface area contributed by atoms with E-state index >= 15 is 0 Å². The number of anilines is 1. The molecule has 4 atom stereocenters. The summed E-state index contributed by atoms with van der Waals surface area (Å²) in [5, 5.41) is 32.9. The average molecular weight is 451 g/mol. The van der Waals surface area contributed by atoms with Crippen LogP contribution in [0.15, 0.2) is 18.2 Å². The molecule has 2 unspecified atom stereocenters. The van der Waals surface area contributed by atoms with Crippen molar-refractivity contribution in [3.63, 3.8) is 0 Å². The third-order valence-electron chi connectivity index (χ3n) is 6.49. The lowest BCUT2D eigenvalue weighted by atomic mass is 9.91. The maximum Gasteiger partial charge on any atom is 0.573 e. The molecule has 1 aliphatic carbocycles. The van der Waals surface area contributed by atoms with Gasteiger partial charge in [-0.2, -0.15) is 0 Å². The molecule has 0 radical (unpaired) electrons. The van der Waals surface area contributed by atoms with Crippen molar-refractivity contribution in [2.75, 3.05) is 5.32 Å². The van der Waals surface area contributed by atoms with E-state index in [-0.39, 0.29) is 29.6 Å². The zero-order chi connectivity index (χ0) is 22.5. The number of nitrogens with zero attached hydrogens (tertiary/aromatic N) is 2. The average Bonchev–Trinajstić information content (AvgIpc) is 3.10. The van der Waals surface area contributed by atoms with Crippen LogP contribution < -0.4 is 10.1 Å². The van der Waals surface area contributed by atoms with Gasteiger partial charge in [-0.25, -0.2) is 0 Å². The number of aromatic hydroxyl groups is 1. The van der Waals surface area contributed by atoms with Gasteiger partial charge in [0.25, 0.3) is 0 Å². The first-order valence-corrected chi connectivity index (χ1v) is 10.9. The standard InChI is InChI=1S/C22H24F3N3O4/c23-22(24,25)32-12-5-7-13(17(30)10-12)20-19-14(9-11-6-8-18(19)31-11)21(28-27-20)26-15-3-1-2-4-16(15)29/h5,7,10-11,15-16,18,29-30H,1-4,6,8-9H2,(H,26,28)/t11?,15-,16-,18?/m1/s1. The van der Waals surface area contributed by atoms with Crippen molar-refractivity contribution in [1.29, 1.82) is 0 Å². The fraction of sp³-hybridized carbons (Fsp3) is 0.545. The SMILES string of the molecule is Oc1cc(OC(F)(F)F)ccc1-c1nnc(N[C@@H]2CCCC[C@H]2O)c2c1C1CCC(C2)O1. The Bertz CT molecular complexity index is 1020. The number of hydrogen-bond acceptors (Lipinski definition) is 7. The van der Waals surface area contributed by atoms with Crippen LogP contribution in [0, 0.1) is 0 Å². The van der Waals surface area contributed by atoms with Crippen LogP contribution in [0.1, 0.15) is 55.8 Å². The minimum absolute atomic E-state index is 0.0672. The molecule has 1 saturated carbocycles. The maximum atomic E-state index is 12.5. The summed E-state index contributed by atoms with van der Waals surface area (Å²) in [7, 11) is 0. The first kappa shape index (κ1) is 21.3. The second-order valence-corrected chi connectivity index (χ2v) is 8.65. The van der Waals surface area contributed by atoms with Gasteiger partial charge in [-0.05, 0) is 37.8 Å². The highest BCUT2D eigenvalue weighted by atomic mass is 19.4. The predicted molar refractivity (Wildman–Crippen MR) is 108 cm³/mol. The maximum absolute atomic E-state index is 12.5. The molecule has 172 valence electrons. The normalized spacial score (nSPS) is 27.1. The Hall–Kier alpha value is -2.59. The lowest BCUT2D eigenvalue weighted by molar-refractivity contribution is -0.274. The molecule has 2 aliphatic heterocycles. The van der Waals surface area contributed by atoms with E-state index in [2.05, 4.69) is 20.3 Å². The molecule has 1 aromatic carbocycles. The van der Waals surface area contributed by atoms with Crippen molar-refractivity contribution in [2.45, 2.75) is 75.7 Å². The van der Waals surface area contributed by atoms with Crippen molar-refractivity contribution in [2.24, 2.45) is 0 Å². The number of alkyl halides is 3. The lowest BCUT2D eigenvalue weighted by Crippen LogP contribution is -2.37. The van der Waals surface area contributed by atoms with Gasteiger partial charge in [0.05, 0.1) is 24.4 Å². The second kappa shape index (κ2) is 8.08. The van der Waals surface area contributed by atoms with Gasteiger partial charge < -0.3 is 25.0 Å². The number of aromatic nitrogens is 2. The van der Waals surface area contributed by atoms with Crippen LogP contribution in [0.2, 0.25) is 0 Å². The lowest BCUT2D eigenvalue weighted by Gasteiger charge is -2.32. The topological polar surface area (TPSA) is 96.7 Å². The van der Waals surface area contributed by atoms with E-state index in [4.69, 9.17) is 4.74 Å². The number of nitrogens with one attached hydrogen (secondary N) is 1. The number of aliphatic hydroxyl groups is 1. The van der Waals surface area contributed by atoms with Gasteiger partial charge in [0, 0.05) is 29.2 Å². The summed E-state index contributed by atoms with van der Waals surface area (Å²) in [5.74, 6) is -0.291. The predicted octanol–water partition coefficient (Wildman–Crippen LogP) is 4.24. The Morgan fingerprint density at radius 3 is 2.66 bits per heavy atom. The van der Waals surface area contributed by atoms with E-state index < -0.39 is 18.2 Å². The zero-order valence-corrected chi connectivity index (χ0v) is 17.2. The minimum atomic E-state index is -4.85. The van der Waals surface area contributed by atoms with Crippen LogP contribution >= 0.6 is 0 Å². The third-order valence-corrected chi connectivity index (χ3v) is 6.49. The smallest absolute Gasteiger partial charge is 0.507 e. The molecule has 10 heteroatoms. The monoisotopic (exact) mass is 451 g/mol. The number of hydrogen-bond donors (Lipinski definition) is 3. The van der Waals surface area contributed by atoms with Crippen molar-refractivity contribution in [3.8, 4) is 22.8 Å². The summed E-state index contributed by atoms with van der Waals surface area (Å²) in [6, 6.07) is 3.30. The molecule has 1 saturated heterocycles. The highest BCUT2D eigenvalue weighted by molar-refractivity contribution is 5.74. The van der Waals surface area contributed by atoms with Crippen LogP contribution in [0.4, 0.5) is 19.0 Å². The number of ether oxygens (including phenoxy) is 2. The van der Waals surface area contributed by atoms with Gasteiger partial charge >= 0.3 is 6.36 Å². The molecule has 3 aliphatic rings. The van der Waals surface area contributed by atoms with Crippen molar-refractivity contribution >= 4 is 5.82 Å². The molecule has 32 heavy (non-hydrogen) atoms. The van der Waals surface area contributed by atoms with E-state index in [1.54, 1.807) is 0 Å². The van der Waals surface area contributed by atoms with Gasteiger partial charge in [0.2, 0.25) is 0 Å². The molecule has 0 amide bonds. The summed E-state index contributed by atoms with van der Waals surface area (Å²) in [6.45, 7) is 0. The van der Waals surface area contributed by atoms with Gasteiger partial charge in [0.15, 0.2) is 5.82 Å². The molecule has 5 rings (SSSR count). The van der Waals surface area contributed by atoms with Crippen molar-refractivity contribution < 1.29 is 32.9 Å². The zero-order valence-electron chi connectivity index (χ0n) is 17.2. The van der Waals surface area contributed by atoms with Crippen molar-refractivity contribution in [3.05, 3.63) is 29.3 Å². The number of phenols is 1. The van der Waals surface area contributed by atoms with Gasteiger partial charge in [-0.15, -0.1) is 23.4 Å². The molecular weight excluding hydrogens is 427 g/mol. The second-order valence-electron chi connectivity index (χ2n) is 8.65. The van der Waals surface area contributed by atoms with Crippen LogP contribution in [0.3, 0.4) is 0 Å². The third kappa shape index (κ3) is 4.09. The largest absolute Gasteiger partial charge is 0.573 e. The molecule has 3 N–H and O–H groups in total. The summed E-state index contributed by atoms with van der Waals surface area (Å²) in [5.41, 5.74) is 2.38. The summed E-state index contributed by atoms with van der Waals surface area (Å²) < 4.78 is 47.5. The number of halogens is 3. The quantitative estimate of drug-likeness (QED) is 0.640. The number of benzene rings is 1. The Labute approximate surface area is 182 Å². The van der Waals surface area contributed by atoms with Crippen LogP contribution in [-0.2, 0) is 11.2 Å². The molecule has 1 aromatic heterocycles. The Morgan fingerprint density at radius 1 is 1.09 bits per heavy atom. The fourth-order valence-corrected chi connectivity index (χ4v) is 5.01. The Morgan fingerprint density at radius 2 is 1.91 bits per heavy atom. The minimum Gasteiger partial charge on any atom is -0.507 e. The first-order chi connectivity index (χ1) is 15.3. The summed E-state index contributed by atoms with van der Waals surface area (Å²) in [6.07, 6.45) is 0.421. The van der Waals surface area contributed by atoms with Gasteiger partial charge in [-0.3, -0.25) is 0 Å². The van der Waals surface area contributed by atoms with E-state index in [1.165, 1.54) is 6.07 Å². The van der Waals surface area contributed by atoms with Crippen LogP contribution in [0.25, 0.3) is 11.3 Å². The van der Waals surface area contributed by atoms with Crippen molar-refractivity contribution in [1.82, 2.24) is 10.2 Å². The summed E-state index contributed by atoms with van der Waals surface area (Å²) >= 11 is 0. The van der Waals surface area contributed by atoms with Crippen LogP contribution in [0.5, 0.6) is 11.5 Å². The fourth-order valence-electron chi connectivity index (χ4n) is 5.01.